The molecule has 0 radical (unpaired) electrons. The molecular weight excluding hydrogens is 485 g/mol. The first-order valence-electron chi connectivity index (χ1n) is 11.8. The number of carbonyl (C=O) groups excluding carboxylic acids is 2. The van der Waals surface area contributed by atoms with E-state index in [1.807, 2.05) is 17.9 Å². The minimum absolute atomic E-state index is 0.0316. The van der Waals surface area contributed by atoms with Gasteiger partial charge in [0.25, 0.3) is 5.91 Å². The van der Waals surface area contributed by atoms with Crippen LogP contribution in [-0.2, 0) is 11.0 Å². The molecule has 1 aromatic heterocycles. The number of nitrogens with one attached hydrogen (secondary N) is 1. The number of anilines is 1. The molecule has 37 heavy (non-hydrogen) atoms. The van der Waals surface area contributed by atoms with E-state index in [0.717, 1.165) is 17.7 Å². The summed E-state index contributed by atoms with van der Waals surface area (Å²) >= 11 is 0. The van der Waals surface area contributed by atoms with Crippen LogP contribution in [0.25, 0.3) is 6.08 Å². The lowest BCUT2D eigenvalue weighted by molar-refractivity contribution is -0.137. The number of methoxy groups -OCH3 is 1. The number of aromatic nitrogens is 2. The molecule has 0 saturated carbocycles. The van der Waals surface area contributed by atoms with E-state index in [0.29, 0.717) is 42.9 Å². The molecule has 194 valence electrons. The first-order valence-corrected chi connectivity index (χ1v) is 11.8. The smallest absolute Gasteiger partial charge is 0.416 e. The summed E-state index contributed by atoms with van der Waals surface area (Å²) in [4.78, 5) is 27.1. The monoisotopic (exact) mass is 512 g/mol. The Morgan fingerprint density at radius 1 is 1.14 bits per heavy atom. The van der Waals surface area contributed by atoms with Gasteiger partial charge in [0.1, 0.15) is 5.75 Å². The molecule has 1 aliphatic rings. The molecule has 7 nitrogen and oxygen atoms in total. The highest BCUT2D eigenvalue weighted by Gasteiger charge is 2.30. The summed E-state index contributed by atoms with van der Waals surface area (Å²) in [5.41, 5.74) is 1.41. The van der Waals surface area contributed by atoms with Crippen molar-refractivity contribution in [2.75, 3.05) is 25.5 Å². The zero-order valence-electron chi connectivity index (χ0n) is 20.5. The topological polar surface area (TPSA) is 76.5 Å². The Labute approximate surface area is 212 Å². The van der Waals surface area contributed by atoms with Gasteiger partial charge in [-0.2, -0.15) is 18.3 Å². The molecule has 1 aliphatic heterocycles. The van der Waals surface area contributed by atoms with Crippen molar-refractivity contribution in [3.63, 3.8) is 0 Å². The number of carbonyl (C=O) groups is 2. The molecular formula is C27H27F3N4O3. The molecule has 10 heteroatoms. The van der Waals surface area contributed by atoms with Crippen LogP contribution in [0.4, 0.5) is 18.9 Å². The molecule has 3 aromatic rings. The highest BCUT2D eigenvalue weighted by molar-refractivity contribution is 6.01. The average Bonchev–Trinajstić information content (AvgIpc) is 3.35. The van der Waals surface area contributed by atoms with Crippen molar-refractivity contribution in [1.82, 2.24) is 14.7 Å². The molecule has 1 N–H and O–H groups in total. The van der Waals surface area contributed by atoms with Crippen LogP contribution in [0, 0.1) is 6.92 Å². The summed E-state index contributed by atoms with van der Waals surface area (Å²) in [5, 5.41) is 7.02. The van der Waals surface area contributed by atoms with Crippen molar-refractivity contribution in [1.29, 1.82) is 0 Å². The Morgan fingerprint density at radius 2 is 1.86 bits per heavy atom. The standard InChI is InChI=1S/C27H27F3N4O3/c1-18-23(7-4-8-24(18)37-2)26(36)33-13-11-22(12-14-33)34-17-21(16-31-34)32-25(35)10-9-19-5-3-6-20(15-19)27(28,29)30/h3-10,15-17,22H,11-14H2,1-2H3,(H,32,35)/b10-9+. The number of amides is 2. The van der Waals surface area contributed by atoms with Crippen LogP contribution in [0.2, 0.25) is 0 Å². The SMILES string of the molecule is COc1cccc(C(=O)N2CCC(n3cc(NC(=O)/C=C/c4cccc(C(F)(F)F)c4)cn3)CC2)c1C. The Balaban J connectivity index is 1.32. The average molecular weight is 513 g/mol. The summed E-state index contributed by atoms with van der Waals surface area (Å²) in [6.07, 6.45) is 2.71. The number of rotatable bonds is 6. The van der Waals surface area contributed by atoms with Crippen LogP contribution < -0.4 is 10.1 Å². The van der Waals surface area contributed by atoms with Crippen molar-refractivity contribution in [3.05, 3.63) is 83.2 Å². The second-order valence-corrected chi connectivity index (χ2v) is 8.81. The molecule has 0 spiro atoms. The maximum atomic E-state index is 13.0. The van der Waals surface area contributed by atoms with Gasteiger partial charge in [0.2, 0.25) is 5.91 Å². The van der Waals surface area contributed by atoms with E-state index in [4.69, 9.17) is 4.74 Å². The summed E-state index contributed by atoms with van der Waals surface area (Å²) in [5.74, 6) is 0.165. The number of hydrogen-bond donors (Lipinski definition) is 1. The summed E-state index contributed by atoms with van der Waals surface area (Å²) in [6.45, 7) is 3.01. The quantitative estimate of drug-likeness (QED) is 0.452. The van der Waals surface area contributed by atoms with Crippen LogP contribution in [0.1, 0.15) is 45.9 Å². The van der Waals surface area contributed by atoms with E-state index in [-0.39, 0.29) is 17.5 Å². The number of piperidine rings is 1. The maximum Gasteiger partial charge on any atom is 0.416 e. The fraction of sp³-hybridized carbons (Fsp3) is 0.296. The number of ether oxygens (including phenoxy) is 1. The van der Waals surface area contributed by atoms with Crippen molar-refractivity contribution in [2.24, 2.45) is 0 Å². The van der Waals surface area contributed by atoms with Gasteiger partial charge in [-0.05, 0) is 55.7 Å². The number of benzene rings is 2. The minimum Gasteiger partial charge on any atom is -0.496 e. The van der Waals surface area contributed by atoms with Gasteiger partial charge in [-0.1, -0.05) is 18.2 Å². The molecule has 4 rings (SSSR count). The van der Waals surface area contributed by atoms with Crippen LogP contribution in [0.5, 0.6) is 5.75 Å². The third-order valence-corrected chi connectivity index (χ3v) is 6.37. The van der Waals surface area contributed by atoms with Crippen molar-refractivity contribution in [3.8, 4) is 5.75 Å². The lowest BCUT2D eigenvalue weighted by Gasteiger charge is -2.32. The lowest BCUT2D eigenvalue weighted by atomic mass is 10.0. The number of halogens is 3. The molecule has 1 saturated heterocycles. The molecule has 0 bridgehead atoms. The number of nitrogens with zero attached hydrogens (tertiary/aromatic N) is 3. The van der Waals surface area contributed by atoms with E-state index in [1.54, 1.807) is 30.1 Å². The van der Waals surface area contributed by atoms with Crippen molar-refractivity contribution >= 4 is 23.6 Å². The van der Waals surface area contributed by atoms with Gasteiger partial charge < -0.3 is 15.0 Å². The van der Waals surface area contributed by atoms with Crippen LogP contribution in [0.15, 0.2) is 60.9 Å². The van der Waals surface area contributed by atoms with E-state index in [1.165, 1.54) is 30.5 Å². The molecule has 2 amide bonds. The van der Waals surface area contributed by atoms with E-state index in [2.05, 4.69) is 10.4 Å². The summed E-state index contributed by atoms with van der Waals surface area (Å²) in [6, 6.07) is 10.2. The van der Waals surface area contributed by atoms with Gasteiger partial charge in [-0.3, -0.25) is 14.3 Å². The Hall–Kier alpha value is -4.08. The van der Waals surface area contributed by atoms with Gasteiger partial charge in [-0.15, -0.1) is 0 Å². The predicted octanol–water partition coefficient (Wildman–Crippen LogP) is 5.35. The Bertz CT molecular complexity index is 1310. The zero-order valence-corrected chi connectivity index (χ0v) is 20.5. The second kappa shape index (κ2) is 10.9. The lowest BCUT2D eigenvalue weighted by Crippen LogP contribution is -2.39. The summed E-state index contributed by atoms with van der Waals surface area (Å²) < 4.78 is 45.7. The maximum absolute atomic E-state index is 13.0. The molecule has 0 aliphatic carbocycles. The van der Waals surface area contributed by atoms with E-state index in [9.17, 15) is 22.8 Å². The van der Waals surface area contributed by atoms with E-state index < -0.39 is 17.6 Å². The molecule has 1 fully saturated rings. The van der Waals surface area contributed by atoms with Gasteiger partial charge in [0, 0.05) is 36.5 Å². The summed E-state index contributed by atoms with van der Waals surface area (Å²) in [7, 11) is 1.58. The van der Waals surface area contributed by atoms with E-state index >= 15 is 0 Å². The third-order valence-electron chi connectivity index (χ3n) is 6.37. The van der Waals surface area contributed by atoms with Crippen LogP contribution >= 0.6 is 0 Å². The molecule has 0 unspecified atom stereocenters. The molecule has 0 atom stereocenters. The Morgan fingerprint density at radius 3 is 2.57 bits per heavy atom. The number of hydrogen-bond acceptors (Lipinski definition) is 4. The van der Waals surface area contributed by atoms with Crippen LogP contribution in [-0.4, -0.2) is 46.7 Å². The van der Waals surface area contributed by atoms with Crippen molar-refractivity contribution in [2.45, 2.75) is 32.0 Å². The number of alkyl halides is 3. The minimum atomic E-state index is -4.45. The predicted molar refractivity (Wildman–Crippen MR) is 133 cm³/mol. The molecule has 2 heterocycles. The Kier molecular flexibility index (Phi) is 7.66. The van der Waals surface area contributed by atoms with Gasteiger partial charge >= 0.3 is 6.18 Å². The van der Waals surface area contributed by atoms with Crippen molar-refractivity contribution < 1.29 is 27.5 Å². The third kappa shape index (κ3) is 6.19. The second-order valence-electron chi connectivity index (χ2n) is 8.81. The first kappa shape index (κ1) is 26.0. The normalized spacial score (nSPS) is 14.7. The number of likely N-dealkylation sites (tertiary alicyclic amines) is 1. The first-order chi connectivity index (χ1) is 17.7. The highest BCUT2D eigenvalue weighted by Crippen LogP contribution is 2.30. The zero-order chi connectivity index (χ0) is 26.6. The van der Waals surface area contributed by atoms with Gasteiger partial charge in [0.15, 0.2) is 0 Å². The largest absolute Gasteiger partial charge is 0.496 e. The van der Waals surface area contributed by atoms with Crippen LogP contribution in [0.3, 0.4) is 0 Å². The fourth-order valence-corrected chi connectivity index (χ4v) is 4.35. The van der Waals surface area contributed by atoms with Gasteiger partial charge in [-0.25, -0.2) is 0 Å². The van der Waals surface area contributed by atoms with Gasteiger partial charge in [0.05, 0.1) is 30.6 Å². The molecule has 2 aromatic carbocycles. The highest BCUT2D eigenvalue weighted by atomic mass is 19.4. The fourth-order valence-electron chi connectivity index (χ4n) is 4.35.